The maximum absolute atomic E-state index is 10.2. The van der Waals surface area contributed by atoms with Gasteiger partial charge in [-0.1, -0.05) is 0 Å². The molecule has 0 aromatic heterocycles. The second-order valence-corrected chi connectivity index (χ2v) is 2.64. The molecule has 0 fully saturated rings. The van der Waals surface area contributed by atoms with Crippen LogP contribution in [0.1, 0.15) is 0 Å². The van der Waals surface area contributed by atoms with Crippen LogP contribution >= 0.6 is 11.8 Å². The average molecular weight is 149 g/mol. The Bertz CT molecular complexity index is 97.0. The van der Waals surface area contributed by atoms with Gasteiger partial charge in [-0.3, -0.25) is 4.79 Å². The Hall–Kier alpha value is -0.220. The molecule has 0 rings (SSSR count). The summed E-state index contributed by atoms with van der Waals surface area (Å²) in [7, 11) is 0. The second-order valence-electron chi connectivity index (χ2n) is 1.73. The molecule has 0 radical (unpaired) electrons. The fourth-order valence-corrected chi connectivity index (χ4v) is 1.12. The van der Waals surface area contributed by atoms with Gasteiger partial charge in [-0.15, -0.1) is 0 Å². The molecule has 0 amide bonds. The van der Waals surface area contributed by atoms with E-state index in [2.05, 4.69) is 0 Å². The zero-order chi connectivity index (χ0) is 7.28. The van der Waals surface area contributed by atoms with Gasteiger partial charge in [0, 0.05) is 12.3 Å². The monoisotopic (exact) mass is 149 g/mol. The lowest BCUT2D eigenvalue weighted by Gasteiger charge is -2.05. The quantitative estimate of drug-likeness (QED) is 0.591. The fraction of sp³-hybridized carbons (Fsp3) is 0.800. The van der Waals surface area contributed by atoms with Gasteiger partial charge in [-0.05, 0) is 6.26 Å². The Kier molecular flexibility index (Phi) is 4.53. The predicted molar refractivity (Wildman–Crippen MR) is 38.6 cm³/mol. The first-order chi connectivity index (χ1) is 4.22. The molecule has 1 atom stereocenters. The predicted octanol–water partition coefficient (Wildman–Crippen LogP) is 0.00890. The zero-order valence-corrected chi connectivity index (χ0v) is 6.15. The summed E-state index contributed by atoms with van der Waals surface area (Å²) in [6.45, 7) is 0.232. The van der Waals surface area contributed by atoms with Crippen LogP contribution in [0.2, 0.25) is 0 Å². The number of carboxylic acid groups (broad SMARTS) is 1. The van der Waals surface area contributed by atoms with E-state index in [9.17, 15) is 4.79 Å². The van der Waals surface area contributed by atoms with Gasteiger partial charge in [0.05, 0.1) is 5.92 Å². The number of hydrogen-bond acceptors (Lipinski definition) is 3. The van der Waals surface area contributed by atoms with Gasteiger partial charge in [-0.25, -0.2) is 0 Å². The lowest BCUT2D eigenvalue weighted by molar-refractivity contribution is -0.140. The Morgan fingerprint density at radius 1 is 1.89 bits per heavy atom. The van der Waals surface area contributed by atoms with Crippen molar-refractivity contribution in [2.75, 3.05) is 18.6 Å². The van der Waals surface area contributed by atoms with Crippen molar-refractivity contribution in [2.24, 2.45) is 11.7 Å². The SMILES string of the molecule is CSCC(CN)C(=O)O. The zero-order valence-electron chi connectivity index (χ0n) is 5.33. The van der Waals surface area contributed by atoms with Gasteiger partial charge < -0.3 is 10.8 Å². The van der Waals surface area contributed by atoms with Crippen LogP contribution in [0.25, 0.3) is 0 Å². The van der Waals surface area contributed by atoms with Gasteiger partial charge in [0.1, 0.15) is 0 Å². The van der Waals surface area contributed by atoms with Gasteiger partial charge in [0.15, 0.2) is 0 Å². The number of nitrogens with two attached hydrogens (primary N) is 1. The molecule has 9 heavy (non-hydrogen) atoms. The highest BCUT2D eigenvalue weighted by Gasteiger charge is 2.13. The molecule has 0 saturated heterocycles. The van der Waals surface area contributed by atoms with Crippen molar-refractivity contribution in [1.29, 1.82) is 0 Å². The van der Waals surface area contributed by atoms with E-state index in [4.69, 9.17) is 10.8 Å². The molecule has 0 aromatic carbocycles. The lowest BCUT2D eigenvalue weighted by Crippen LogP contribution is -2.25. The maximum Gasteiger partial charge on any atom is 0.308 e. The molecule has 3 N–H and O–H groups in total. The van der Waals surface area contributed by atoms with Gasteiger partial charge in [0.25, 0.3) is 0 Å². The van der Waals surface area contributed by atoms with Crippen LogP contribution in [0.15, 0.2) is 0 Å². The summed E-state index contributed by atoms with van der Waals surface area (Å²) in [6.07, 6.45) is 1.87. The molecule has 1 unspecified atom stereocenters. The van der Waals surface area contributed by atoms with Gasteiger partial charge in [0.2, 0.25) is 0 Å². The minimum atomic E-state index is -0.799. The second kappa shape index (κ2) is 4.64. The van der Waals surface area contributed by atoms with Gasteiger partial charge >= 0.3 is 5.97 Å². The molecule has 0 aliphatic carbocycles. The molecule has 0 spiro atoms. The molecule has 54 valence electrons. The Labute approximate surface area is 58.6 Å². The van der Waals surface area contributed by atoms with Crippen molar-refractivity contribution in [2.45, 2.75) is 0 Å². The summed E-state index contributed by atoms with van der Waals surface area (Å²) in [6, 6.07) is 0. The summed E-state index contributed by atoms with van der Waals surface area (Å²) >= 11 is 1.50. The summed E-state index contributed by atoms with van der Waals surface area (Å²) < 4.78 is 0. The molecular weight excluding hydrogens is 138 g/mol. The van der Waals surface area contributed by atoms with Crippen LogP contribution in [-0.4, -0.2) is 29.6 Å². The molecule has 0 heterocycles. The normalized spacial score (nSPS) is 13.1. The van der Waals surface area contributed by atoms with Crippen molar-refractivity contribution in [1.82, 2.24) is 0 Å². The van der Waals surface area contributed by atoms with Crippen LogP contribution in [0.3, 0.4) is 0 Å². The van der Waals surface area contributed by atoms with E-state index in [1.165, 1.54) is 11.8 Å². The number of carboxylic acids is 1. The number of rotatable bonds is 4. The number of thioether (sulfide) groups is 1. The van der Waals surface area contributed by atoms with Crippen LogP contribution in [0, 0.1) is 5.92 Å². The van der Waals surface area contributed by atoms with E-state index in [1.54, 1.807) is 0 Å². The third-order valence-electron chi connectivity index (χ3n) is 1.00. The van der Waals surface area contributed by atoms with E-state index < -0.39 is 5.97 Å². The number of hydrogen-bond donors (Lipinski definition) is 2. The summed E-state index contributed by atoms with van der Waals surface area (Å²) in [5.74, 6) is -0.571. The van der Waals surface area contributed by atoms with Crippen LogP contribution in [0.5, 0.6) is 0 Å². The first kappa shape index (κ1) is 8.78. The minimum absolute atomic E-state index is 0.232. The molecule has 3 nitrogen and oxygen atoms in total. The average Bonchev–Trinajstić information content (AvgIpc) is 1.82. The summed E-state index contributed by atoms with van der Waals surface area (Å²) in [5.41, 5.74) is 5.17. The van der Waals surface area contributed by atoms with Crippen molar-refractivity contribution in [3.05, 3.63) is 0 Å². The first-order valence-corrected chi connectivity index (χ1v) is 4.03. The smallest absolute Gasteiger partial charge is 0.308 e. The maximum atomic E-state index is 10.2. The molecule has 0 saturated carbocycles. The molecule has 4 heteroatoms. The largest absolute Gasteiger partial charge is 0.481 e. The Morgan fingerprint density at radius 2 is 2.44 bits per heavy atom. The number of carbonyl (C=O) groups is 1. The van der Waals surface area contributed by atoms with E-state index >= 15 is 0 Å². The van der Waals surface area contributed by atoms with Crippen molar-refractivity contribution >= 4 is 17.7 Å². The third-order valence-corrected chi connectivity index (χ3v) is 1.74. The Morgan fingerprint density at radius 3 is 2.56 bits per heavy atom. The highest BCUT2D eigenvalue weighted by atomic mass is 32.2. The lowest BCUT2D eigenvalue weighted by atomic mass is 10.2. The third kappa shape index (κ3) is 3.37. The minimum Gasteiger partial charge on any atom is -0.481 e. The summed E-state index contributed by atoms with van der Waals surface area (Å²) in [5, 5.41) is 8.41. The van der Waals surface area contributed by atoms with Crippen molar-refractivity contribution < 1.29 is 9.90 Å². The van der Waals surface area contributed by atoms with E-state index in [-0.39, 0.29) is 12.5 Å². The molecular formula is C5H11NO2S. The van der Waals surface area contributed by atoms with E-state index in [1.807, 2.05) is 6.26 Å². The van der Waals surface area contributed by atoms with Crippen LogP contribution in [0.4, 0.5) is 0 Å². The molecule has 0 aliphatic rings. The fourth-order valence-electron chi connectivity index (χ4n) is 0.441. The van der Waals surface area contributed by atoms with E-state index in [0.29, 0.717) is 5.75 Å². The summed E-state index contributed by atoms with van der Waals surface area (Å²) in [4.78, 5) is 10.2. The van der Waals surface area contributed by atoms with E-state index in [0.717, 1.165) is 0 Å². The first-order valence-electron chi connectivity index (χ1n) is 2.64. The Balaban J connectivity index is 3.54. The van der Waals surface area contributed by atoms with Crippen molar-refractivity contribution in [3.8, 4) is 0 Å². The van der Waals surface area contributed by atoms with Crippen LogP contribution in [-0.2, 0) is 4.79 Å². The molecule has 0 aliphatic heterocycles. The molecule has 0 bridgehead atoms. The highest BCUT2D eigenvalue weighted by molar-refractivity contribution is 7.98. The standard InChI is InChI=1S/C5H11NO2S/c1-9-3-4(2-6)5(7)8/h4H,2-3,6H2,1H3,(H,7,8). The topological polar surface area (TPSA) is 63.3 Å². The number of aliphatic carboxylic acids is 1. The molecule has 0 aromatic rings. The van der Waals surface area contributed by atoms with Gasteiger partial charge in [-0.2, -0.15) is 11.8 Å². The van der Waals surface area contributed by atoms with Crippen LogP contribution < -0.4 is 5.73 Å². The highest BCUT2D eigenvalue weighted by Crippen LogP contribution is 2.02. The van der Waals surface area contributed by atoms with Crippen molar-refractivity contribution in [3.63, 3.8) is 0 Å².